The Labute approximate surface area is 83.5 Å². The Kier molecular flexibility index (Phi) is 3.48. The van der Waals surface area contributed by atoms with Crippen molar-refractivity contribution < 1.29 is 4.79 Å². The molecule has 1 rings (SSSR count). The van der Waals surface area contributed by atoms with Crippen LogP contribution in [0.3, 0.4) is 0 Å². The SMILES string of the molecule is Cc1cccc(C)c1NCC(=O)NN. The van der Waals surface area contributed by atoms with Gasteiger partial charge in [0.1, 0.15) is 0 Å². The molecule has 1 aromatic carbocycles. The van der Waals surface area contributed by atoms with Crippen molar-refractivity contribution in [2.45, 2.75) is 13.8 Å². The average molecular weight is 193 g/mol. The molecule has 1 amide bonds. The van der Waals surface area contributed by atoms with E-state index in [2.05, 4.69) is 10.7 Å². The maximum Gasteiger partial charge on any atom is 0.253 e. The van der Waals surface area contributed by atoms with E-state index in [9.17, 15) is 4.79 Å². The number of carbonyl (C=O) groups excluding carboxylic acids is 1. The summed E-state index contributed by atoms with van der Waals surface area (Å²) in [5.41, 5.74) is 5.31. The van der Waals surface area contributed by atoms with Crippen LogP contribution in [0.1, 0.15) is 11.1 Å². The summed E-state index contributed by atoms with van der Waals surface area (Å²) in [5, 5.41) is 3.04. The zero-order valence-corrected chi connectivity index (χ0v) is 8.42. The molecule has 4 N–H and O–H groups in total. The van der Waals surface area contributed by atoms with Crippen molar-refractivity contribution in [2.75, 3.05) is 11.9 Å². The Bertz CT molecular complexity index is 316. The van der Waals surface area contributed by atoms with Crippen molar-refractivity contribution in [1.82, 2.24) is 5.43 Å². The summed E-state index contributed by atoms with van der Waals surface area (Å²) in [6, 6.07) is 5.98. The minimum Gasteiger partial charge on any atom is -0.376 e. The van der Waals surface area contributed by atoms with E-state index in [1.165, 1.54) is 0 Å². The molecule has 0 aliphatic rings. The molecule has 0 spiro atoms. The quantitative estimate of drug-likeness (QED) is 0.376. The summed E-state index contributed by atoms with van der Waals surface area (Å²) in [6.45, 7) is 4.19. The summed E-state index contributed by atoms with van der Waals surface area (Å²) >= 11 is 0. The first kappa shape index (κ1) is 10.5. The molecular weight excluding hydrogens is 178 g/mol. The number of hydrazine groups is 1. The highest BCUT2D eigenvalue weighted by molar-refractivity contribution is 5.80. The second kappa shape index (κ2) is 4.62. The number of para-hydroxylation sites is 1. The lowest BCUT2D eigenvalue weighted by molar-refractivity contribution is -0.119. The molecule has 0 fully saturated rings. The lowest BCUT2D eigenvalue weighted by Gasteiger charge is -2.11. The van der Waals surface area contributed by atoms with Crippen LogP contribution < -0.4 is 16.6 Å². The van der Waals surface area contributed by atoms with Gasteiger partial charge in [0, 0.05) is 5.69 Å². The molecule has 1 aromatic rings. The predicted molar refractivity (Wildman–Crippen MR) is 56.7 cm³/mol. The molecule has 76 valence electrons. The first-order valence-corrected chi connectivity index (χ1v) is 4.44. The Hall–Kier alpha value is -1.55. The Morgan fingerprint density at radius 3 is 2.43 bits per heavy atom. The van der Waals surface area contributed by atoms with Crippen LogP contribution in [0, 0.1) is 13.8 Å². The highest BCUT2D eigenvalue weighted by Crippen LogP contribution is 2.18. The van der Waals surface area contributed by atoms with Gasteiger partial charge in [-0.05, 0) is 25.0 Å². The van der Waals surface area contributed by atoms with Gasteiger partial charge in [0.15, 0.2) is 0 Å². The van der Waals surface area contributed by atoms with Gasteiger partial charge in [-0.3, -0.25) is 10.2 Å². The predicted octanol–water partition coefficient (Wildman–Crippen LogP) is 0.705. The smallest absolute Gasteiger partial charge is 0.253 e. The molecule has 0 saturated carbocycles. The molecule has 0 unspecified atom stereocenters. The van der Waals surface area contributed by atoms with Crippen LogP contribution in [-0.2, 0) is 4.79 Å². The van der Waals surface area contributed by atoms with E-state index in [1.54, 1.807) is 0 Å². The van der Waals surface area contributed by atoms with E-state index >= 15 is 0 Å². The standard InChI is InChI=1S/C10H15N3O/c1-7-4-3-5-8(2)10(7)12-6-9(14)13-11/h3-5,12H,6,11H2,1-2H3,(H,13,14). The Morgan fingerprint density at radius 2 is 1.93 bits per heavy atom. The van der Waals surface area contributed by atoms with Crippen molar-refractivity contribution in [2.24, 2.45) is 5.84 Å². The molecule has 0 atom stereocenters. The number of anilines is 1. The highest BCUT2D eigenvalue weighted by atomic mass is 16.2. The van der Waals surface area contributed by atoms with Crippen LogP contribution in [0.5, 0.6) is 0 Å². The molecule has 0 heterocycles. The minimum absolute atomic E-state index is 0.197. The number of nitrogens with two attached hydrogens (primary N) is 1. The van der Waals surface area contributed by atoms with Crippen LogP contribution in [0.15, 0.2) is 18.2 Å². The number of nitrogens with one attached hydrogen (secondary N) is 2. The van der Waals surface area contributed by atoms with Gasteiger partial charge >= 0.3 is 0 Å². The average Bonchev–Trinajstić information content (AvgIpc) is 2.16. The molecule has 14 heavy (non-hydrogen) atoms. The van der Waals surface area contributed by atoms with Crippen LogP contribution in [0.2, 0.25) is 0 Å². The molecule has 4 heteroatoms. The molecule has 0 aliphatic heterocycles. The van der Waals surface area contributed by atoms with Gasteiger partial charge in [-0.2, -0.15) is 0 Å². The fourth-order valence-corrected chi connectivity index (χ4v) is 1.31. The third-order valence-corrected chi connectivity index (χ3v) is 2.07. The molecule has 0 aromatic heterocycles. The van der Waals surface area contributed by atoms with Gasteiger partial charge in [-0.1, -0.05) is 18.2 Å². The first-order chi connectivity index (χ1) is 6.65. The van der Waals surface area contributed by atoms with Gasteiger partial charge < -0.3 is 5.32 Å². The Morgan fingerprint density at radius 1 is 1.36 bits per heavy atom. The first-order valence-electron chi connectivity index (χ1n) is 4.44. The number of hydrogen-bond acceptors (Lipinski definition) is 3. The van der Waals surface area contributed by atoms with Crippen LogP contribution in [0.4, 0.5) is 5.69 Å². The number of amides is 1. The van der Waals surface area contributed by atoms with Crippen LogP contribution >= 0.6 is 0 Å². The maximum atomic E-state index is 10.9. The molecule has 0 saturated heterocycles. The number of benzene rings is 1. The van der Waals surface area contributed by atoms with E-state index in [1.807, 2.05) is 32.0 Å². The fraction of sp³-hybridized carbons (Fsp3) is 0.300. The van der Waals surface area contributed by atoms with Gasteiger partial charge in [0.05, 0.1) is 6.54 Å². The lowest BCUT2D eigenvalue weighted by Crippen LogP contribution is -2.35. The minimum atomic E-state index is -0.229. The van der Waals surface area contributed by atoms with Gasteiger partial charge in [0.2, 0.25) is 0 Å². The van der Waals surface area contributed by atoms with Gasteiger partial charge in [-0.15, -0.1) is 0 Å². The van der Waals surface area contributed by atoms with Crippen molar-refractivity contribution in [3.8, 4) is 0 Å². The molecule has 0 bridgehead atoms. The van der Waals surface area contributed by atoms with Gasteiger partial charge in [0.25, 0.3) is 5.91 Å². The summed E-state index contributed by atoms with van der Waals surface area (Å²) in [7, 11) is 0. The van der Waals surface area contributed by atoms with Crippen LogP contribution in [-0.4, -0.2) is 12.5 Å². The number of rotatable bonds is 3. The van der Waals surface area contributed by atoms with Crippen LogP contribution in [0.25, 0.3) is 0 Å². The van der Waals surface area contributed by atoms with Crippen molar-refractivity contribution in [3.05, 3.63) is 29.3 Å². The Balaban J connectivity index is 2.71. The summed E-state index contributed by atoms with van der Waals surface area (Å²) in [4.78, 5) is 10.9. The number of aryl methyl sites for hydroxylation is 2. The molecular formula is C10H15N3O. The number of hydrogen-bond donors (Lipinski definition) is 3. The van der Waals surface area contributed by atoms with Crippen molar-refractivity contribution in [1.29, 1.82) is 0 Å². The lowest BCUT2D eigenvalue weighted by atomic mass is 10.1. The summed E-state index contributed by atoms with van der Waals surface area (Å²) in [6.07, 6.45) is 0. The van der Waals surface area contributed by atoms with Gasteiger partial charge in [-0.25, -0.2) is 5.84 Å². The zero-order chi connectivity index (χ0) is 10.6. The third kappa shape index (κ3) is 2.47. The van der Waals surface area contributed by atoms with Crippen molar-refractivity contribution in [3.63, 3.8) is 0 Å². The molecule has 0 radical (unpaired) electrons. The maximum absolute atomic E-state index is 10.9. The molecule has 0 aliphatic carbocycles. The van der Waals surface area contributed by atoms with Crippen molar-refractivity contribution >= 4 is 11.6 Å². The highest BCUT2D eigenvalue weighted by Gasteiger charge is 2.03. The van der Waals surface area contributed by atoms with E-state index in [0.717, 1.165) is 16.8 Å². The normalized spacial score (nSPS) is 9.64. The van der Waals surface area contributed by atoms with E-state index < -0.39 is 0 Å². The number of carbonyl (C=O) groups is 1. The topological polar surface area (TPSA) is 67.2 Å². The second-order valence-electron chi connectivity index (χ2n) is 3.19. The second-order valence-corrected chi connectivity index (χ2v) is 3.19. The largest absolute Gasteiger partial charge is 0.376 e. The monoisotopic (exact) mass is 193 g/mol. The fourth-order valence-electron chi connectivity index (χ4n) is 1.31. The molecule has 4 nitrogen and oxygen atoms in total. The van der Waals surface area contributed by atoms with E-state index in [0.29, 0.717) is 0 Å². The van der Waals surface area contributed by atoms with E-state index in [-0.39, 0.29) is 12.5 Å². The summed E-state index contributed by atoms with van der Waals surface area (Å²) < 4.78 is 0. The summed E-state index contributed by atoms with van der Waals surface area (Å²) in [5.74, 6) is 4.74. The third-order valence-electron chi connectivity index (χ3n) is 2.07. The zero-order valence-electron chi connectivity index (χ0n) is 8.42. The van der Waals surface area contributed by atoms with E-state index in [4.69, 9.17) is 5.84 Å².